The van der Waals surface area contributed by atoms with Gasteiger partial charge in [0.15, 0.2) is 0 Å². The molecule has 2 aliphatic heterocycles. The van der Waals surface area contributed by atoms with Gasteiger partial charge in [0, 0.05) is 41.2 Å². The monoisotopic (exact) mass is 640 g/mol. The molecule has 5 rings (SSSR count). The first kappa shape index (κ1) is 27.2. The van der Waals surface area contributed by atoms with Gasteiger partial charge in [-0.3, -0.25) is 9.89 Å². The van der Waals surface area contributed by atoms with Gasteiger partial charge in [0.1, 0.15) is 23.4 Å². The van der Waals surface area contributed by atoms with Gasteiger partial charge < -0.3 is 19.3 Å². The van der Waals surface area contributed by atoms with E-state index < -0.39 is 0 Å². The summed E-state index contributed by atoms with van der Waals surface area (Å²) in [5, 5.41) is 0. The SMILES string of the molecule is CCOc1cc(OC)ccc1C1=NC(c2ccc(Br)cc2)C(c2ccc(Br)cc2)N1CN1CCN(C)CC1. The topological polar surface area (TPSA) is 40.5 Å². The quantitative estimate of drug-likeness (QED) is 0.286. The lowest BCUT2D eigenvalue weighted by molar-refractivity contribution is 0.0991. The van der Waals surface area contributed by atoms with Gasteiger partial charge in [0.25, 0.3) is 0 Å². The molecule has 2 aliphatic rings. The molecule has 0 amide bonds. The lowest BCUT2D eigenvalue weighted by Gasteiger charge is -2.39. The van der Waals surface area contributed by atoms with Crippen molar-refractivity contribution in [1.82, 2.24) is 14.7 Å². The molecule has 0 saturated carbocycles. The van der Waals surface area contributed by atoms with E-state index in [1.165, 1.54) is 11.1 Å². The van der Waals surface area contributed by atoms with Crippen molar-refractivity contribution in [3.05, 3.63) is 92.4 Å². The number of hydrogen-bond donors (Lipinski definition) is 0. The number of halogens is 2. The second-order valence-corrected chi connectivity index (χ2v) is 11.6. The van der Waals surface area contributed by atoms with Crippen LogP contribution in [0, 0.1) is 0 Å². The summed E-state index contributed by atoms with van der Waals surface area (Å²) < 4.78 is 13.8. The molecular weight excluding hydrogens is 608 g/mol. The van der Waals surface area contributed by atoms with Crippen molar-refractivity contribution in [1.29, 1.82) is 0 Å². The molecule has 6 nitrogen and oxygen atoms in total. The Bertz CT molecular complexity index is 1260. The molecule has 2 atom stereocenters. The van der Waals surface area contributed by atoms with Crippen molar-refractivity contribution >= 4 is 37.7 Å². The normalized spacial score (nSPS) is 20.4. The minimum atomic E-state index is -0.0664. The fraction of sp³-hybridized carbons (Fsp3) is 0.367. The molecular formula is C30H34Br2N4O2. The Morgan fingerprint density at radius 1 is 0.868 bits per heavy atom. The Morgan fingerprint density at radius 3 is 2.11 bits per heavy atom. The Hall–Kier alpha value is -2.39. The van der Waals surface area contributed by atoms with E-state index in [9.17, 15) is 0 Å². The van der Waals surface area contributed by atoms with Crippen LogP contribution in [0.3, 0.4) is 0 Å². The Kier molecular flexibility index (Phi) is 8.73. The summed E-state index contributed by atoms with van der Waals surface area (Å²) in [5.41, 5.74) is 3.41. The lowest BCUT2D eigenvalue weighted by atomic mass is 9.94. The fourth-order valence-electron chi connectivity index (χ4n) is 5.19. The average Bonchev–Trinajstić information content (AvgIpc) is 3.29. The Labute approximate surface area is 242 Å². The third kappa shape index (κ3) is 5.93. The second-order valence-electron chi connectivity index (χ2n) is 9.77. The standard InChI is InChI=1S/C30H34Br2N4O2/c1-4-38-27-19-25(37-3)13-14-26(27)30-33-28(21-5-9-23(31)10-6-21)29(22-7-11-24(32)12-8-22)36(30)20-35-17-15-34(2)16-18-35/h5-14,19,28-29H,4,15-18,20H2,1-3H3. The van der Waals surface area contributed by atoms with Gasteiger partial charge in [-0.25, -0.2) is 0 Å². The minimum absolute atomic E-state index is 0.0375. The lowest BCUT2D eigenvalue weighted by Crippen LogP contribution is -2.50. The summed E-state index contributed by atoms with van der Waals surface area (Å²) in [6, 6.07) is 23.3. The molecule has 200 valence electrons. The largest absolute Gasteiger partial charge is 0.497 e. The van der Waals surface area contributed by atoms with Crippen molar-refractivity contribution in [2.24, 2.45) is 4.99 Å². The number of amidine groups is 1. The third-order valence-corrected chi connectivity index (χ3v) is 8.33. The number of aliphatic imine (C=N–C) groups is 1. The van der Waals surface area contributed by atoms with Crippen molar-refractivity contribution < 1.29 is 9.47 Å². The highest BCUT2D eigenvalue weighted by molar-refractivity contribution is 9.10. The van der Waals surface area contributed by atoms with Crippen LogP contribution in [0.5, 0.6) is 11.5 Å². The smallest absolute Gasteiger partial charge is 0.137 e. The summed E-state index contributed by atoms with van der Waals surface area (Å²) >= 11 is 7.23. The van der Waals surface area contributed by atoms with E-state index in [0.717, 1.165) is 64.7 Å². The average molecular weight is 642 g/mol. The van der Waals surface area contributed by atoms with Crippen LogP contribution in [-0.4, -0.2) is 74.1 Å². The highest BCUT2D eigenvalue weighted by Gasteiger charge is 2.40. The molecule has 0 aromatic heterocycles. The maximum absolute atomic E-state index is 6.14. The molecule has 1 fully saturated rings. The molecule has 3 aromatic carbocycles. The Morgan fingerprint density at radius 2 is 1.50 bits per heavy atom. The molecule has 0 bridgehead atoms. The van der Waals surface area contributed by atoms with Crippen molar-refractivity contribution in [2.45, 2.75) is 19.0 Å². The van der Waals surface area contributed by atoms with Crippen LogP contribution in [0.15, 0.2) is 80.7 Å². The number of benzene rings is 3. The third-order valence-electron chi connectivity index (χ3n) is 7.27. The van der Waals surface area contributed by atoms with E-state index in [1.54, 1.807) is 7.11 Å². The van der Waals surface area contributed by atoms with Crippen LogP contribution in [0.4, 0.5) is 0 Å². The van der Waals surface area contributed by atoms with Crippen molar-refractivity contribution in [3.8, 4) is 11.5 Å². The summed E-state index contributed by atoms with van der Waals surface area (Å²) in [4.78, 5) is 12.9. The molecule has 0 aliphatic carbocycles. The number of hydrogen-bond acceptors (Lipinski definition) is 6. The first-order valence-corrected chi connectivity index (χ1v) is 14.6. The number of ether oxygens (including phenoxy) is 2. The summed E-state index contributed by atoms with van der Waals surface area (Å²) in [6.45, 7) is 7.54. The summed E-state index contributed by atoms with van der Waals surface area (Å²) in [5.74, 6) is 2.52. The van der Waals surface area contributed by atoms with Crippen molar-refractivity contribution in [2.75, 3.05) is 53.6 Å². The molecule has 2 heterocycles. The zero-order valence-corrected chi connectivity index (χ0v) is 25.3. The first-order valence-electron chi connectivity index (χ1n) is 13.0. The van der Waals surface area contributed by atoms with Crippen LogP contribution in [-0.2, 0) is 0 Å². The molecule has 1 saturated heterocycles. The maximum Gasteiger partial charge on any atom is 0.137 e. The van der Waals surface area contributed by atoms with Gasteiger partial charge in [0.05, 0.1) is 32.0 Å². The Balaban J connectivity index is 1.63. The van der Waals surface area contributed by atoms with Crippen LogP contribution >= 0.6 is 31.9 Å². The predicted octanol–water partition coefficient (Wildman–Crippen LogP) is 6.37. The van der Waals surface area contributed by atoms with Gasteiger partial charge in [-0.15, -0.1) is 0 Å². The van der Waals surface area contributed by atoms with E-state index in [1.807, 2.05) is 19.1 Å². The zero-order chi connectivity index (χ0) is 26.6. The summed E-state index contributed by atoms with van der Waals surface area (Å²) in [6.07, 6.45) is 0. The number of nitrogens with zero attached hydrogens (tertiary/aromatic N) is 4. The zero-order valence-electron chi connectivity index (χ0n) is 22.1. The van der Waals surface area contributed by atoms with Gasteiger partial charge in [0.2, 0.25) is 0 Å². The van der Waals surface area contributed by atoms with Crippen LogP contribution in [0.2, 0.25) is 0 Å². The molecule has 8 heteroatoms. The number of rotatable bonds is 8. The van der Waals surface area contributed by atoms with Gasteiger partial charge >= 0.3 is 0 Å². The molecule has 2 unspecified atom stereocenters. The van der Waals surface area contributed by atoms with Crippen LogP contribution in [0.1, 0.15) is 35.7 Å². The van der Waals surface area contributed by atoms with Gasteiger partial charge in [-0.1, -0.05) is 56.1 Å². The highest BCUT2D eigenvalue weighted by atomic mass is 79.9. The number of methoxy groups -OCH3 is 1. The van der Waals surface area contributed by atoms with E-state index >= 15 is 0 Å². The van der Waals surface area contributed by atoms with E-state index in [4.69, 9.17) is 14.5 Å². The number of likely N-dealkylation sites (N-methyl/N-ethyl adjacent to an activating group) is 1. The molecule has 38 heavy (non-hydrogen) atoms. The van der Waals surface area contributed by atoms with Crippen LogP contribution < -0.4 is 9.47 Å². The highest BCUT2D eigenvalue weighted by Crippen LogP contribution is 2.45. The second kappa shape index (κ2) is 12.2. The predicted molar refractivity (Wildman–Crippen MR) is 160 cm³/mol. The molecule has 0 N–H and O–H groups in total. The molecule has 3 aromatic rings. The van der Waals surface area contributed by atoms with E-state index in [0.29, 0.717) is 6.61 Å². The van der Waals surface area contributed by atoms with Crippen LogP contribution in [0.25, 0.3) is 0 Å². The first-order chi connectivity index (χ1) is 18.5. The fourth-order valence-corrected chi connectivity index (χ4v) is 5.72. The van der Waals surface area contributed by atoms with Gasteiger partial charge in [-0.2, -0.15) is 0 Å². The molecule has 0 spiro atoms. The number of piperazine rings is 1. The van der Waals surface area contributed by atoms with Gasteiger partial charge in [-0.05, 0) is 61.5 Å². The maximum atomic E-state index is 6.14. The summed E-state index contributed by atoms with van der Waals surface area (Å²) in [7, 11) is 3.88. The van der Waals surface area contributed by atoms with Crippen molar-refractivity contribution in [3.63, 3.8) is 0 Å². The van der Waals surface area contributed by atoms with E-state index in [2.05, 4.69) is 108 Å². The molecule has 0 radical (unpaired) electrons. The minimum Gasteiger partial charge on any atom is -0.497 e. The van der Waals surface area contributed by atoms with E-state index in [-0.39, 0.29) is 12.1 Å².